The van der Waals surface area contributed by atoms with E-state index in [0.717, 1.165) is 19.7 Å². The molecule has 0 bridgehead atoms. The molecule has 0 aromatic heterocycles. The van der Waals surface area contributed by atoms with Crippen molar-refractivity contribution in [2.75, 3.05) is 19.7 Å². The number of hydrogen-bond acceptors (Lipinski definition) is 2. The molecule has 1 saturated heterocycles. The van der Waals surface area contributed by atoms with Crippen LogP contribution in [0.2, 0.25) is 0 Å². The van der Waals surface area contributed by atoms with E-state index in [2.05, 4.69) is 5.32 Å². The lowest BCUT2D eigenvalue weighted by Gasteiger charge is -2.05. The van der Waals surface area contributed by atoms with Crippen LogP contribution in [-0.4, -0.2) is 25.8 Å². The maximum Gasteiger partial charge on any atom is 0.0711 e. The third-order valence-electron chi connectivity index (χ3n) is 1.42. The highest BCUT2D eigenvalue weighted by Gasteiger charge is 2.12. The number of ether oxygens (including phenoxy) is 1. The zero-order valence-corrected chi connectivity index (χ0v) is 5.31. The summed E-state index contributed by atoms with van der Waals surface area (Å²) in [6.45, 7) is 5.07. The highest BCUT2D eigenvalue weighted by molar-refractivity contribution is 4.70. The Labute approximate surface area is 50.2 Å². The minimum absolute atomic E-state index is 0.500. The normalized spacial score (nSPS) is 28.9. The molecule has 1 fully saturated rings. The lowest BCUT2D eigenvalue weighted by atomic mass is 10.3. The summed E-state index contributed by atoms with van der Waals surface area (Å²) in [4.78, 5) is 0. The average molecular weight is 115 g/mol. The lowest BCUT2D eigenvalue weighted by molar-refractivity contribution is 0.0775. The van der Waals surface area contributed by atoms with Crippen LogP contribution in [-0.2, 0) is 4.74 Å². The highest BCUT2D eigenvalue weighted by Crippen LogP contribution is 2.01. The first-order valence-corrected chi connectivity index (χ1v) is 3.26. The molecule has 0 aromatic rings. The molecule has 0 spiro atoms. The summed E-state index contributed by atoms with van der Waals surface area (Å²) in [5.74, 6) is 0. The van der Waals surface area contributed by atoms with Gasteiger partial charge in [-0.2, -0.15) is 0 Å². The Morgan fingerprint density at radius 2 is 2.62 bits per heavy atom. The Morgan fingerprint density at radius 1 is 1.75 bits per heavy atom. The Kier molecular flexibility index (Phi) is 2.30. The van der Waals surface area contributed by atoms with Crippen molar-refractivity contribution >= 4 is 0 Å². The van der Waals surface area contributed by atoms with Crippen LogP contribution < -0.4 is 5.32 Å². The highest BCUT2D eigenvalue weighted by atomic mass is 16.5. The minimum Gasteiger partial charge on any atom is -0.377 e. The molecule has 8 heavy (non-hydrogen) atoms. The molecular formula is C6H13NO. The largest absolute Gasteiger partial charge is 0.377 e. The van der Waals surface area contributed by atoms with E-state index in [1.165, 1.54) is 6.42 Å². The van der Waals surface area contributed by atoms with Crippen molar-refractivity contribution in [3.8, 4) is 0 Å². The van der Waals surface area contributed by atoms with Gasteiger partial charge >= 0.3 is 0 Å². The first kappa shape index (κ1) is 6.05. The standard InChI is InChI=1S/C6H13NO/c1-2-8-6-3-4-7-5-6/h6-7H,2-5H2,1H3. The van der Waals surface area contributed by atoms with Gasteiger partial charge in [-0.3, -0.25) is 0 Å². The van der Waals surface area contributed by atoms with Gasteiger partial charge in [-0.15, -0.1) is 0 Å². The van der Waals surface area contributed by atoms with Gasteiger partial charge in [0.05, 0.1) is 6.10 Å². The van der Waals surface area contributed by atoms with Crippen molar-refractivity contribution in [2.45, 2.75) is 19.4 Å². The van der Waals surface area contributed by atoms with Crippen LogP contribution in [0.4, 0.5) is 0 Å². The summed E-state index contributed by atoms with van der Waals surface area (Å²) in [6.07, 6.45) is 1.69. The maximum absolute atomic E-state index is 5.34. The fourth-order valence-corrected chi connectivity index (χ4v) is 1.01. The molecule has 1 rings (SSSR count). The molecule has 1 atom stereocenters. The van der Waals surface area contributed by atoms with E-state index in [1.54, 1.807) is 0 Å². The van der Waals surface area contributed by atoms with Gasteiger partial charge in [0, 0.05) is 13.2 Å². The van der Waals surface area contributed by atoms with Crippen LogP contribution in [0.1, 0.15) is 13.3 Å². The van der Waals surface area contributed by atoms with Gasteiger partial charge in [-0.1, -0.05) is 0 Å². The fourth-order valence-electron chi connectivity index (χ4n) is 1.01. The monoisotopic (exact) mass is 115 g/mol. The molecule has 1 aliphatic rings. The summed E-state index contributed by atoms with van der Waals surface area (Å²) >= 11 is 0. The first-order valence-electron chi connectivity index (χ1n) is 3.26. The summed E-state index contributed by atoms with van der Waals surface area (Å²) in [5.41, 5.74) is 0. The van der Waals surface area contributed by atoms with Gasteiger partial charge in [0.15, 0.2) is 0 Å². The molecule has 0 aromatic carbocycles. The minimum atomic E-state index is 0.500. The van der Waals surface area contributed by atoms with E-state index >= 15 is 0 Å². The van der Waals surface area contributed by atoms with Crippen molar-refractivity contribution in [3.63, 3.8) is 0 Å². The predicted molar refractivity (Wildman–Crippen MR) is 32.9 cm³/mol. The van der Waals surface area contributed by atoms with E-state index in [1.807, 2.05) is 6.92 Å². The van der Waals surface area contributed by atoms with Crippen LogP contribution in [0.5, 0.6) is 0 Å². The van der Waals surface area contributed by atoms with Crippen molar-refractivity contribution in [2.24, 2.45) is 0 Å². The Balaban J connectivity index is 2.06. The third kappa shape index (κ3) is 1.46. The zero-order valence-electron chi connectivity index (χ0n) is 5.31. The van der Waals surface area contributed by atoms with E-state index in [9.17, 15) is 0 Å². The van der Waals surface area contributed by atoms with Gasteiger partial charge in [-0.05, 0) is 19.9 Å². The maximum atomic E-state index is 5.34. The topological polar surface area (TPSA) is 21.3 Å². The van der Waals surface area contributed by atoms with Gasteiger partial charge in [-0.25, -0.2) is 0 Å². The van der Waals surface area contributed by atoms with Crippen molar-refractivity contribution in [1.29, 1.82) is 0 Å². The molecule has 0 amide bonds. The van der Waals surface area contributed by atoms with E-state index < -0.39 is 0 Å². The van der Waals surface area contributed by atoms with Crippen molar-refractivity contribution in [3.05, 3.63) is 0 Å². The van der Waals surface area contributed by atoms with Crippen LogP contribution >= 0.6 is 0 Å². The second-order valence-electron chi connectivity index (χ2n) is 2.07. The smallest absolute Gasteiger partial charge is 0.0711 e. The first-order chi connectivity index (χ1) is 3.93. The molecule has 1 N–H and O–H groups in total. The van der Waals surface area contributed by atoms with E-state index in [4.69, 9.17) is 4.74 Å². The summed E-state index contributed by atoms with van der Waals surface area (Å²) in [5, 5.41) is 3.23. The van der Waals surface area contributed by atoms with Gasteiger partial charge in [0.1, 0.15) is 0 Å². The molecule has 48 valence electrons. The molecule has 0 saturated carbocycles. The van der Waals surface area contributed by atoms with Gasteiger partial charge in [0.25, 0.3) is 0 Å². The Morgan fingerprint density at radius 3 is 3.12 bits per heavy atom. The quantitative estimate of drug-likeness (QED) is 0.562. The van der Waals surface area contributed by atoms with Crippen molar-refractivity contribution < 1.29 is 4.74 Å². The third-order valence-corrected chi connectivity index (χ3v) is 1.42. The molecular weight excluding hydrogens is 102 g/mol. The van der Waals surface area contributed by atoms with Crippen LogP contribution in [0, 0.1) is 0 Å². The van der Waals surface area contributed by atoms with Crippen LogP contribution in [0.15, 0.2) is 0 Å². The second-order valence-corrected chi connectivity index (χ2v) is 2.07. The number of hydrogen-bond donors (Lipinski definition) is 1. The summed E-state index contributed by atoms with van der Waals surface area (Å²) in [7, 11) is 0. The predicted octanol–water partition coefficient (Wildman–Crippen LogP) is 0.385. The SMILES string of the molecule is CCOC1CCNC1. The van der Waals surface area contributed by atoms with E-state index in [-0.39, 0.29) is 0 Å². The second kappa shape index (κ2) is 3.05. The molecule has 2 heteroatoms. The van der Waals surface area contributed by atoms with Crippen LogP contribution in [0.3, 0.4) is 0 Å². The molecule has 1 heterocycles. The van der Waals surface area contributed by atoms with Crippen molar-refractivity contribution in [1.82, 2.24) is 5.32 Å². The molecule has 2 nitrogen and oxygen atoms in total. The molecule has 0 radical (unpaired) electrons. The fraction of sp³-hybridized carbons (Fsp3) is 1.00. The number of nitrogens with one attached hydrogen (secondary N) is 1. The molecule has 1 aliphatic heterocycles. The lowest BCUT2D eigenvalue weighted by Crippen LogP contribution is -2.16. The zero-order chi connectivity index (χ0) is 5.82. The number of rotatable bonds is 2. The summed E-state index contributed by atoms with van der Waals surface area (Å²) < 4.78 is 5.34. The average Bonchev–Trinajstić information content (AvgIpc) is 2.19. The Bertz CT molecular complexity index is 59.5. The van der Waals surface area contributed by atoms with E-state index in [0.29, 0.717) is 6.10 Å². The Hall–Kier alpha value is -0.0800. The molecule has 1 unspecified atom stereocenters. The molecule has 0 aliphatic carbocycles. The van der Waals surface area contributed by atoms with Gasteiger partial charge < -0.3 is 10.1 Å². The van der Waals surface area contributed by atoms with Gasteiger partial charge in [0.2, 0.25) is 0 Å². The van der Waals surface area contributed by atoms with Crippen LogP contribution in [0.25, 0.3) is 0 Å². The summed E-state index contributed by atoms with van der Waals surface area (Å²) in [6, 6.07) is 0.